The van der Waals surface area contributed by atoms with Gasteiger partial charge in [0.25, 0.3) is 0 Å². The van der Waals surface area contributed by atoms with Crippen molar-refractivity contribution in [2.45, 2.75) is 46.0 Å². The second kappa shape index (κ2) is 13.9. The van der Waals surface area contributed by atoms with Crippen LogP contribution in [0.25, 0.3) is 0 Å². The van der Waals surface area contributed by atoms with E-state index in [1.807, 2.05) is 6.92 Å². The minimum absolute atomic E-state index is 0.843. The van der Waals surface area contributed by atoms with Crippen LogP contribution in [0.5, 0.6) is 0 Å². The monoisotopic (exact) mass is 244 g/mol. The summed E-state index contributed by atoms with van der Waals surface area (Å²) < 4.78 is 5.30. The number of likely N-dealkylation sites (N-methyl/N-ethyl adjacent to an activating group) is 1. The Morgan fingerprint density at radius 3 is 2.47 bits per heavy atom. The smallest absolute Gasteiger partial charge is 0.0466 e. The second-order valence-corrected chi connectivity index (χ2v) is 4.66. The molecule has 0 heterocycles. The van der Waals surface area contributed by atoms with E-state index in [0.29, 0.717) is 0 Å². The van der Waals surface area contributed by atoms with E-state index in [2.05, 4.69) is 24.2 Å². The van der Waals surface area contributed by atoms with Crippen LogP contribution in [0.3, 0.4) is 0 Å². The average molecular weight is 244 g/mol. The van der Waals surface area contributed by atoms with Gasteiger partial charge in [-0.15, -0.1) is 0 Å². The Balaban J connectivity index is 3.05. The zero-order valence-electron chi connectivity index (χ0n) is 12.1. The third kappa shape index (κ3) is 13.8. The Labute approximate surface area is 108 Å². The lowest BCUT2D eigenvalue weighted by Crippen LogP contribution is -2.30. The second-order valence-electron chi connectivity index (χ2n) is 4.66. The minimum atomic E-state index is 0.843. The summed E-state index contributed by atoms with van der Waals surface area (Å²) in [6.07, 6.45) is 6.40. The molecule has 0 radical (unpaired) electrons. The van der Waals surface area contributed by atoms with Crippen LogP contribution in [-0.2, 0) is 4.74 Å². The van der Waals surface area contributed by atoms with Gasteiger partial charge >= 0.3 is 0 Å². The van der Waals surface area contributed by atoms with E-state index in [9.17, 15) is 0 Å². The number of hydrogen-bond acceptors (Lipinski definition) is 3. The average Bonchev–Trinajstić information content (AvgIpc) is 2.33. The van der Waals surface area contributed by atoms with Crippen LogP contribution >= 0.6 is 0 Å². The van der Waals surface area contributed by atoms with Gasteiger partial charge in [-0.25, -0.2) is 0 Å². The molecule has 0 aliphatic carbocycles. The zero-order valence-corrected chi connectivity index (χ0v) is 12.1. The Hall–Kier alpha value is -0.120. The van der Waals surface area contributed by atoms with Crippen LogP contribution in [0.4, 0.5) is 0 Å². The summed E-state index contributed by atoms with van der Waals surface area (Å²) in [6, 6.07) is 0. The summed E-state index contributed by atoms with van der Waals surface area (Å²) in [5, 5.41) is 3.49. The van der Waals surface area contributed by atoms with Crippen LogP contribution < -0.4 is 5.32 Å². The number of rotatable bonds is 13. The maximum atomic E-state index is 5.30. The summed E-state index contributed by atoms with van der Waals surface area (Å²) in [5.74, 6) is 0. The van der Waals surface area contributed by atoms with Crippen molar-refractivity contribution in [2.24, 2.45) is 0 Å². The third-order valence-electron chi connectivity index (χ3n) is 2.91. The van der Waals surface area contributed by atoms with E-state index in [0.717, 1.165) is 32.8 Å². The Bertz CT molecular complexity index is 142. The van der Waals surface area contributed by atoms with Crippen molar-refractivity contribution < 1.29 is 4.74 Å². The SMILES string of the molecule is CCCCCN(C)CCNCCCCOCC. The van der Waals surface area contributed by atoms with Gasteiger partial charge in [0, 0.05) is 26.3 Å². The molecule has 0 saturated heterocycles. The van der Waals surface area contributed by atoms with Gasteiger partial charge in [0.15, 0.2) is 0 Å². The van der Waals surface area contributed by atoms with Gasteiger partial charge in [0.1, 0.15) is 0 Å². The van der Waals surface area contributed by atoms with E-state index < -0.39 is 0 Å². The molecule has 0 aromatic carbocycles. The molecule has 0 aromatic heterocycles. The first-order valence-electron chi connectivity index (χ1n) is 7.28. The predicted octanol–water partition coefficient (Wildman–Crippen LogP) is 2.51. The Morgan fingerprint density at radius 2 is 1.76 bits per heavy atom. The van der Waals surface area contributed by atoms with E-state index in [1.165, 1.54) is 38.6 Å². The topological polar surface area (TPSA) is 24.5 Å². The molecule has 0 aliphatic rings. The highest BCUT2D eigenvalue weighted by molar-refractivity contribution is 4.55. The van der Waals surface area contributed by atoms with Gasteiger partial charge in [-0.2, -0.15) is 0 Å². The first-order chi connectivity index (χ1) is 8.31. The largest absolute Gasteiger partial charge is 0.382 e. The van der Waals surface area contributed by atoms with Crippen LogP contribution in [-0.4, -0.2) is 51.3 Å². The molecule has 17 heavy (non-hydrogen) atoms. The Kier molecular flexibility index (Phi) is 13.8. The highest BCUT2D eigenvalue weighted by Gasteiger charge is 1.97. The van der Waals surface area contributed by atoms with Gasteiger partial charge < -0.3 is 15.0 Å². The van der Waals surface area contributed by atoms with Crippen molar-refractivity contribution in [2.75, 3.05) is 46.4 Å². The lowest BCUT2D eigenvalue weighted by molar-refractivity contribution is 0.143. The molecule has 0 aliphatic heterocycles. The fourth-order valence-electron chi connectivity index (χ4n) is 1.74. The molecule has 0 aromatic rings. The molecule has 0 rings (SSSR count). The quantitative estimate of drug-likeness (QED) is 0.504. The molecule has 0 saturated carbocycles. The molecule has 3 heteroatoms. The van der Waals surface area contributed by atoms with Crippen molar-refractivity contribution in [1.29, 1.82) is 0 Å². The fraction of sp³-hybridized carbons (Fsp3) is 1.00. The fourth-order valence-corrected chi connectivity index (χ4v) is 1.74. The van der Waals surface area contributed by atoms with Crippen molar-refractivity contribution >= 4 is 0 Å². The van der Waals surface area contributed by atoms with Gasteiger partial charge in [-0.3, -0.25) is 0 Å². The van der Waals surface area contributed by atoms with Gasteiger partial charge in [0.05, 0.1) is 0 Å². The number of nitrogens with one attached hydrogen (secondary N) is 1. The molecule has 0 unspecified atom stereocenters. The maximum absolute atomic E-state index is 5.30. The number of ether oxygens (including phenoxy) is 1. The molecule has 104 valence electrons. The summed E-state index contributed by atoms with van der Waals surface area (Å²) >= 11 is 0. The van der Waals surface area contributed by atoms with E-state index >= 15 is 0 Å². The lowest BCUT2D eigenvalue weighted by Gasteiger charge is -2.16. The Morgan fingerprint density at radius 1 is 0.941 bits per heavy atom. The highest BCUT2D eigenvalue weighted by Crippen LogP contribution is 1.95. The van der Waals surface area contributed by atoms with E-state index in [-0.39, 0.29) is 0 Å². The third-order valence-corrected chi connectivity index (χ3v) is 2.91. The maximum Gasteiger partial charge on any atom is 0.0466 e. The number of nitrogens with zero attached hydrogens (tertiary/aromatic N) is 1. The lowest BCUT2D eigenvalue weighted by atomic mass is 10.2. The zero-order chi connectivity index (χ0) is 12.8. The van der Waals surface area contributed by atoms with Crippen molar-refractivity contribution in [3.63, 3.8) is 0 Å². The highest BCUT2D eigenvalue weighted by atomic mass is 16.5. The van der Waals surface area contributed by atoms with Gasteiger partial charge in [0.2, 0.25) is 0 Å². The van der Waals surface area contributed by atoms with Crippen LogP contribution in [0.15, 0.2) is 0 Å². The summed E-state index contributed by atoms with van der Waals surface area (Å²) in [4.78, 5) is 2.42. The molecule has 0 fully saturated rings. The van der Waals surface area contributed by atoms with Crippen molar-refractivity contribution in [3.05, 3.63) is 0 Å². The summed E-state index contributed by atoms with van der Waals surface area (Å²) in [5.41, 5.74) is 0. The molecular weight excluding hydrogens is 212 g/mol. The minimum Gasteiger partial charge on any atom is -0.382 e. The number of unbranched alkanes of at least 4 members (excludes halogenated alkanes) is 3. The number of hydrogen-bond donors (Lipinski definition) is 1. The molecule has 1 N–H and O–H groups in total. The molecule has 0 spiro atoms. The van der Waals surface area contributed by atoms with Gasteiger partial charge in [-0.1, -0.05) is 19.8 Å². The normalized spacial score (nSPS) is 11.3. The van der Waals surface area contributed by atoms with Crippen LogP contribution in [0, 0.1) is 0 Å². The predicted molar refractivity (Wildman–Crippen MR) is 75.6 cm³/mol. The first kappa shape index (κ1) is 16.9. The van der Waals surface area contributed by atoms with E-state index in [4.69, 9.17) is 4.74 Å². The van der Waals surface area contributed by atoms with Crippen LogP contribution in [0.1, 0.15) is 46.0 Å². The molecule has 0 amide bonds. The summed E-state index contributed by atoms with van der Waals surface area (Å²) in [7, 11) is 2.21. The molecular formula is C14H32N2O. The van der Waals surface area contributed by atoms with Crippen LogP contribution in [0.2, 0.25) is 0 Å². The van der Waals surface area contributed by atoms with Crippen molar-refractivity contribution in [1.82, 2.24) is 10.2 Å². The standard InChI is InChI=1S/C14H32N2O/c1-4-6-8-12-16(3)13-11-15-10-7-9-14-17-5-2/h15H,4-14H2,1-3H3. The molecule has 3 nitrogen and oxygen atoms in total. The first-order valence-corrected chi connectivity index (χ1v) is 7.28. The molecule has 0 atom stereocenters. The van der Waals surface area contributed by atoms with Crippen molar-refractivity contribution in [3.8, 4) is 0 Å². The molecule has 0 bridgehead atoms. The van der Waals surface area contributed by atoms with E-state index in [1.54, 1.807) is 0 Å². The van der Waals surface area contributed by atoms with Gasteiger partial charge in [-0.05, 0) is 46.3 Å². The summed E-state index contributed by atoms with van der Waals surface area (Å²) in [6.45, 7) is 10.7.